The molecule has 2 aromatic carbocycles. The lowest BCUT2D eigenvalue weighted by atomic mass is 10.2. The molecule has 0 heterocycles. The van der Waals surface area contributed by atoms with Crippen LogP contribution < -0.4 is 21.3 Å². The van der Waals surface area contributed by atoms with Gasteiger partial charge in [-0.1, -0.05) is 35.9 Å². The zero-order chi connectivity index (χ0) is 20.4. The Kier molecular flexibility index (Phi) is 8.62. The van der Waals surface area contributed by atoms with E-state index in [0.29, 0.717) is 13.1 Å². The fourth-order valence-corrected chi connectivity index (χ4v) is 2.55. The number of nitrogens with zero attached hydrogens (tertiary/aromatic N) is 1. The smallest absolute Gasteiger partial charge is 0.319 e. The molecule has 0 saturated heterocycles. The normalized spacial score (nSPS) is 11.2. The molecule has 0 unspecified atom stereocenters. The van der Waals surface area contributed by atoms with Gasteiger partial charge in [0, 0.05) is 29.8 Å². The summed E-state index contributed by atoms with van der Waals surface area (Å²) in [5.74, 6) is 0.746. The highest BCUT2D eigenvalue weighted by molar-refractivity contribution is 6.30. The molecule has 4 N–H and O–H groups in total. The van der Waals surface area contributed by atoms with Crippen molar-refractivity contribution >= 4 is 29.3 Å². The summed E-state index contributed by atoms with van der Waals surface area (Å²) in [5, 5.41) is 12.9. The maximum Gasteiger partial charge on any atom is 0.319 e. The van der Waals surface area contributed by atoms with Crippen molar-refractivity contribution in [3.8, 4) is 0 Å². The van der Waals surface area contributed by atoms with E-state index in [2.05, 4.69) is 26.3 Å². The largest absolute Gasteiger partial charge is 0.357 e. The molecule has 28 heavy (non-hydrogen) atoms. The Labute approximate surface area is 171 Å². The number of urea groups is 1. The van der Waals surface area contributed by atoms with Gasteiger partial charge < -0.3 is 21.3 Å². The number of amides is 2. The van der Waals surface area contributed by atoms with Crippen LogP contribution in [0.2, 0.25) is 5.02 Å². The van der Waals surface area contributed by atoms with Crippen molar-refractivity contribution in [3.63, 3.8) is 0 Å². The second kappa shape index (κ2) is 11.2. The minimum Gasteiger partial charge on any atom is -0.357 e. The van der Waals surface area contributed by atoms with Gasteiger partial charge in [0.05, 0.1) is 6.54 Å². The van der Waals surface area contributed by atoms with Crippen LogP contribution in [-0.2, 0) is 13.1 Å². The van der Waals surface area contributed by atoms with Crippen LogP contribution in [0.15, 0.2) is 53.5 Å². The van der Waals surface area contributed by atoms with E-state index in [1.807, 2.05) is 69.3 Å². The Morgan fingerprint density at radius 1 is 1.00 bits per heavy atom. The number of rotatable bonds is 7. The van der Waals surface area contributed by atoms with Crippen LogP contribution in [0.3, 0.4) is 0 Å². The minimum absolute atomic E-state index is 0.0958. The number of carbonyl (C=O) groups is 1. The van der Waals surface area contributed by atoms with Crippen LogP contribution in [0, 0.1) is 0 Å². The van der Waals surface area contributed by atoms with Gasteiger partial charge in [-0.15, -0.1) is 0 Å². The fraction of sp³-hybridized carbons (Fsp3) is 0.333. The second-order valence-corrected chi connectivity index (χ2v) is 7.06. The van der Waals surface area contributed by atoms with Gasteiger partial charge >= 0.3 is 6.03 Å². The van der Waals surface area contributed by atoms with Crippen LogP contribution in [-0.4, -0.2) is 24.6 Å². The van der Waals surface area contributed by atoms with Crippen molar-refractivity contribution in [1.82, 2.24) is 16.0 Å². The molecule has 2 aromatic rings. The molecule has 0 aromatic heterocycles. The van der Waals surface area contributed by atoms with E-state index in [9.17, 15) is 4.79 Å². The van der Waals surface area contributed by atoms with E-state index in [4.69, 9.17) is 11.6 Å². The number of nitrogens with one attached hydrogen (secondary N) is 4. The Balaban J connectivity index is 1.90. The summed E-state index contributed by atoms with van der Waals surface area (Å²) >= 11 is 5.92. The number of benzene rings is 2. The first kappa shape index (κ1) is 21.6. The maximum atomic E-state index is 11.7. The van der Waals surface area contributed by atoms with E-state index < -0.39 is 0 Å². The first-order valence-electron chi connectivity index (χ1n) is 9.39. The van der Waals surface area contributed by atoms with E-state index in [1.54, 1.807) is 0 Å². The minimum atomic E-state index is -0.207. The van der Waals surface area contributed by atoms with Gasteiger partial charge in [-0.2, -0.15) is 0 Å². The highest BCUT2D eigenvalue weighted by Crippen LogP contribution is 2.11. The topological polar surface area (TPSA) is 77.5 Å². The van der Waals surface area contributed by atoms with Gasteiger partial charge in [-0.05, 0) is 56.2 Å². The predicted molar refractivity (Wildman–Crippen MR) is 117 cm³/mol. The van der Waals surface area contributed by atoms with Crippen molar-refractivity contribution in [2.45, 2.75) is 39.9 Å². The van der Waals surface area contributed by atoms with Crippen LogP contribution in [0.1, 0.15) is 31.9 Å². The summed E-state index contributed by atoms with van der Waals surface area (Å²) in [6, 6.07) is 15.3. The quantitative estimate of drug-likeness (QED) is 0.416. The number of hydrogen-bond donors (Lipinski definition) is 4. The lowest BCUT2D eigenvalue weighted by molar-refractivity contribution is 0.250. The van der Waals surface area contributed by atoms with Gasteiger partial charge in [0.1, 0.15) is 0 Å². The highest BCUT2D eigenvalue weighted by Gasteiger charge is 2.03. The third kappa shape index (κ3) is 7.88. The highest BCUT2D eigenvalue weighted by atomic mass is 35.5. The number of anilines is 1. The van der Waals surface area contributed by atoms with Crippen LogP contribution >= 0.6 is 11.6 Å². The van der Waals surface area contributed by atoms with Gasteiger partial charge in [0.15, 0.2) is 5.96 Å². The van der Waals surface area contributed by atoms with Gasteiger partial charge in [-0.3, -0.25) is 0 Å². The predicted octanol–water partition coefficient (Wildman–Crippen LogP) is 4.13. The Morgan fingerprint density at radius 3 is 2.25 bits per heavy atom. The lowest BCUT2D eigenvalue weighted by Gasteiger charge is -2.12. The zero-order valence-corrected chi connectivity index (χ0v) is 17.3. The summed E-state index contributed by atoms with van der Waals surface area (Å²) in [4.78, 5) is 16.3. The maximum absolute atomic E-state index is 11.7. The molecule has 2 rings (SSSR count). The molecule has 0 radical (unpaired) electrons. The van der Waals surface area contributed by atoms with E-state index >= 15 is 0 Å². The van der Waals surface area contributed by atoms with Crippen LogP contribution in [0.5, 0.6) is 0 Å². The standard InChI is InChI=1S/C21H28ClN5O/c1-4-23-20(24-13-16-5-9-18(22)10-6-16)25-14-17-7-11-19(12-8-17)27-21(28)26-15(2)3/h5-12,15H,4,13-14H2,1-3H3,(H2,23,24,25)(H2,26,27,28). The molecule has 6 nitrogen and oxygen atoms in total. The molecule has 0 atom stereocenters. The number of hydrogen-bond acceptors (Lipinski definition) is 2. The molecule has 0 aliphatic rings. The molecule has 7 heteroatoms. The fourth-order valence-electron chi connectivity index (χ4n) is 2.42. The first-order chi connectivity index (χ1) is 13.5. The Bertz CT molecular complexity index is 772. The third-order valence-corrected chi connectivity index (χ3v) is 4.02. The second-order valence-electron chi connectivity index (χ2n) is 6.63. The van der Waals surface area contributed by atoms with Crippen molar-refractivity contribution in [2.75, 3.05) is 11.9 Å². The zero-order valence-electron chi connectivity index (χ0n) is 16.6. The third-order valence-electron chi connectivity index (χ3n) is 3.77. The number of carbonyl (C=O) groups excluding carboxylic acids is 1. The van der Waals surface area contributed by atoms with Crippen LogP contribution in [0.4, 0.5) is 10.5 Å². The number of guanidine groups is 1. The molecule has 0 saturated carbocycles. The van der Waals surface area contributed by atoms with Crippen LogP contribution in [0.25, 0.3) is 0 Å². The summed E-state index contributed by atoms with van der Waals surface area (Å²) < 4.78 is 0. The van der Waals surface area contributed by atoms with Crippen molar-refractivity contribution < 1.29 is 4.79 Å². The summed E-state index contributed by atoms with van der Waals surface area (Å²) in [7, 11) is 0. The number of aliphatic imine (C=N–C) groups is 1. The molecule has 0 fully saturated rings. The van der Waals surface area contributed by atoms with Gasteiger partial charge in [0.2, 0.25) is 0 Å². The Hall–Kier alpha value is -2.73. The summed E-state index contributed by atoms with van der Waals surface area (Å²) in [5.41, 5.74) is 2.93. The van der Waals surface area contributed by atoms with E-state index in [-0.39, 0.29) is 12.1 Å². The average Bonchev–Trinajstić information content (AvgIpc) is 2.66. The molecule has 0 spiro atoms. The summed E-state index contributed by atoms with van der Waals surface area (Å²) in [6.45, 7) is 7.85. The van der Waals surface area contributed by atoms with Crippen molar-refractivity contribution in [2.24, 2.45) is 4.99 Å². The van der Waals surface area contributed by atoms with Crippen molar-refractivity contribution in [3.05, 3.63) is 64.7 Å². The van der Waals surface area contributed by atoms with Gasteiger partial charge in [-0.25, -0.2) is 9.79 Å². The molecule has 2 amide bonds. The molecule has 0 bridgehead atoms. The average molecular weight is 402 g/mol. The molecule has 0 aliphatic heterocycles. The summed E-state index contributed by atoms with van der Waals surface area (Å²) in [6.07, 6.45) is 0. The molecular weight excluding hydrogens is 374 g/mol. The lowest BCUT2D eigenvalue weighted by Crippen LogP contribution is -2.36. The van der Waals surface area contributed by atoms with E-state index in [1.165, 1.54) is 0 Å². The number of halogens is 1. The van der Waals surface area contributed by atoms with Crippen molar-refractivity contribution in [1.29, 1.82) is 0 Å². The Morgan fingerprint density at radius 2 is 1.64 bits per heavy atom. The first-order valence-corrected chi connectivity index (χ1v) is 9.77. The van der Waals surface area contributed by atoms with Gasteiger partial charge in [0.25, 0.3) is 0 Å². The van der Waals surface area contributed by atoms with E-state index in [0.717, 1.165) is 34.3 Å². The molecule has 0 aliphatic carbocycles. The monoisotopic (exact) mass is 401 g/mol. The SMILES string of the molecule is CCNC(=NCc1ccc(NC(=O)NC(C)C)cc1)NCc1ccc(Cl)cc1. The molecular formula is C21H28ClN5O. The molecule has 150 valence electrons.